The van der Waals surface area contributed by atoms with Crippen molar-refractivity contribution in [3.63, 3.8) is 0 Å². The van der Waals surface area contributed by atoms with Gasteiger partial charge < -0.3 is 9.47 Å². The summed E-state index contributed by atoms with van der Waals surface area (Å²) < 4.78 is 11.5. The maximum atomic E-state index is 5.76. The largest absolute Gasteiger partial charge is 0.496 e. The molecule has 171 valence electrons. The Morgan fingerprint density at radius 2 is 0.818 bits per heavy atom. The Morgan fingerprint density at radius 1 is 0.485 bits per heavy atom. The third-order valence-electron chi connectivity index (χ3n) is 5.43. The molecular formula is C28H28O2P2Rh. The molecule has 0 N–H and O–H groups in total. The Balaban J connectivity index is 0.00000306. The first-order valence-corrected chi connectivity index (χ1v) is 13.8. The van der Waals surface area contributed by atoms with Gasteiger partial charge >= 0.3 is 0 Å². The van der Waals surface area contributed by atoms with Gasteiger partial charge in [0.1, 0.15) is 11.5 Å². The molecule has 0 saturated carbocycles. The number of para-hydroxylation sites is 2. The molecule has 4 aromatic carbocycles. The molecule has 0 saturated heterocycles. The van der Waals surface area contributed by atoms with Crippen LogP contribution in [0.25, 0.3) is 0 Å². The number of rotatable bonds is 9. The summed E-state index contributed by atoms with van der Waals surface area (Å²) in [6.07, 6.45) is 2.16. The molecule has 2 atom stereocenters. The van der Waals surface area contributed by atoms with Gasteiger partial charge in [-0.2, -0.15) is 0 Å². The fourth-order valence-corrected chi connectivity index (χ4v) is 9.51. The minimum atomic E-state index is -0.554. The Morgan fingerprint density at radius 3 is 1.18 bits per heavy atom. The maximum Gasteiger partial charge on any atom is 0.126 e. The van der Waals surface area contributed by atoms with Gasteiger partial charge in [-0.15, -0.1) is 0 Å². The molecule has 4 rings (SSSR count). The van der Waals surface area contributed by atoms with Crippen LogP contribution in [-0.4, -0.2) is 26.5 Å². The molecule has 0 aliphatic carbocycles. The van der Waals surface area contributed by atoms with Gasteiger partial charge in [0.05, 0.1) is 14.2 Å². The molecule has 0 heterocycles. The van der Waals surface area contributed by atoms with Gasteiger partial charge in [-0.25, -0.2) is 0 Å². The normalized spacial score (nSPS) is 12.3. The van der Waals surface area contributed by atoms with E-state index < -0.39 is 15.8 Å². The van der Waals surface area contributed by atoms with E-state index >= 15 is 0 Å². The van der Waals surface area contributed by atoms with Crippen LogP contribution in [0.5, 0.6) is 11.5 Å². The molecule has 33 heavy (non-hydrogen) atoms. The summed E-state index contributed by atoms with van der Waals surface area (Å²) in [6.45, 7) is 0. The second-order valence-electron chi connectivity index (χ2n) is 7.32. The van der Waals surface area contributed by atoms with Gasteiger partial charge in [-0.1, -0.05) is 97.1 Å². The number of methoxy groups -OCH3 is 2. The molecule has 0 aliphatic heterocycles. The van der Waals surface area contributed by atoms with Gasteiger partial charge in [-0.3, -0.25) is 0 Å². The Kier molecular flexibility index (Phi) is 10.1. The maximum absolute atomic E-state index is 5.76. The third kappa shape index (κ3) is 6.30. The van der Waals surface area contributed by atoms with E-state index in [0.717, 1.165) is 23.8 Å². The average Bonchev–Trinajstić information content (AvgIpc) is 2.88. The zero-order valence-electron chi connectivity index (χ0n) is 18.9. The molecule has 4 aromatic rings. The van der Waals surface area contributed by atoms with E-state index in [1.54, 1.807) is 14.2 Å². The van der Waals surface area contributed by atoms with Crippen LogP contribution in [0.1, 0.15) is 0 Å². The molecular weight excluding hydrogens is 533 g/mol. The predicted molar refractivity (Wildman–Crippen MR) is 141 cm³/mol. The summed E-state index contributed by atoms with van der Waals surface area (Å²) in [4.78, 5) is 0. The molecule has 0 unspecified atom stereocenters. The zero-order valence-corrected chi connectivity index (χ0v) is 22.3. The second kappa shape index (κ2) is 13.0. The van der Waals surface area contributed by atoms with Gasteiger partial charge in [0, 0.05) is 30.1 Å². The minimum Gasteiger partial charge on any atom is -0.496 e. The van der Waals surface area contributed by atoms with Gasteiger partial charge in [0.2, 0.25) is 0 Å². The number of hydrogen-bond acceptors (Lipinski definition) is 2. The summed E-state index contributed by atoms with van der Waals surface area (Å²) in [7, 11) is 2.43. The summed E-state index contributed by atoms with van der Waals surface area (Å²) in [5.41, 5.74) is 0. The van der Waals surface area contributed by atoms with Crippen LogP contribution < -0.4 is 30.7 Å². The number of hydrogen-bond donors (Lipinski definition) is 0. The van der Waals surface area contributed by atoms with E-state index in [4.69, 9.17) is 9.47 Å². The smallest absolute Gasteiger partial charge is 0.126 e. The Hall–Kier alpha value is -2.04. The monoisotopic (exact) mass is 561 g/mol. The summed E-state index contributed by atoms with van der Waals surface area (Å²) in [5.74, 6) is 1.95. The van der Waals surface area contributed by atoms with Gasteiger partial charge in [0.15, 0.2) is 0 Å². The van der Waals surface area contributed by atoms with Gasteiger partial charge in [0.25, 0.3) is 0 Å². The molecule has 0 spiro atoms. The number of ether oxygens (including phenoxy) is 2. The van der Waals surface area contributed by atoms with Crippen LogP contribution in [-0.2, 0) is 19.5 Å². The first kappa shape index (κ1) is 25.6. The van der Waals surface area contributed by atoms with Crippen molar-refractivity contribution in [1.29, 1.82) is 0 Å². The van der Waals surface area contributed by atoms with E-state index in [1.807, 2.05) is 12.1 Å². The van der Waals surface area contributed by atoms with Crippen LogP contribution in [0.2, 0.25) is 0 Å². The molecule has 5 heteroatoms. The first-order valence-electron chi connectivity index (χ1n) is 10.7. The molecule has 0 fully saturated rings. The van der Waals surface area contributed by atoms with Crippen LogP contribution in [0.4, 0.5) is 0 Å². The van der Waals surface area contributed by atoms with Crippen molar-refractivity contribution < 1.29 is 29.0 Å². The van der Waals surface area contributed by atoms with Crippen molar-refractivity contribution in [3.8, 4) is 11.5 Å². The molecule has 0 aromatic heterocycles. The second-order valence-corrected chi connectivity index (χ2v) is 11.9. The molecule has 0 bridgehead atoms. The van der Waals surface area contributed by atoms with Crippen molar-refractivity contribution in [1.82, 2.24) is 0 Å². The van der Waals surface area contributed by atoms with Crippen LogP contribution >= 0.6 is 15.8 Å². The van der Waals surface area contributed by atoms with Crippen molar-refractivity contribution >= 4 is 37.1 Å². The predicted octanol–water partition coefficient (Wildman–Crippen LogP) is 5.27. The summed E-state index contributed by atoms with van der Waals surface area (Å²) in [6, 6.07) is 38.7. The Labute approximate surface area is 212 Å². The van der Waals surface area contributed by atoms with E-state index in [1.165, 1.54) is 21.2 Å². The average molecular weight is 561 g/mol. The zero-order chi connectivity index (χ0) is 22.2. The molecule has 0 amide bonds. The van der Waals surface area contributed by atoms with E-state index in [9.17, 15) is 0 Å². The fourth-order valence-electron chi connectivity index (χ4n) is 3.90. The van der Waals surface area contributed by atoms with Gasteiger partial charge in [-0.05, 0) is 50.9 Å². The summed E-state index contributed by atoms with van der Waals surface area (Å²) >= 11 is 0. The van der Waals surface area contributed by atoms with Crippen LogP contribution in [0.15, 0.2) is 109 Å². The summed E-state index contributed by atoms with van der Waals surface area (Å²) in [5, 5.41) is 5.38. The quantitative estimate of drug-likeness (QED) is 0.205. The SMILES string of the molecule is COc1ccccc1[P@](CC[P@](c1ccccc1)c1ccccc1OC)c1ccccc1.[Rh]. The van der Waals surface area contributed by atoms with Crippen LogP contribution in [0.3, 0.4) is 0 Å². The first-order chi connectivity index (χ1) is 15.8. The van der Waals surface area contributed by atoms with Crippen molar-refractivity contribution in [2.24, 2.45) is 0 Å². The van der Waals surface area contributed by atoms with Crippen molar-refractivity contribution in [3.05, 3.63) is 109 Å². The van der Waals surface area contributed by atoms with E-state index in [0.29, 0.717) is 0 Å². The topological polar surface area (TPSA) is 18.5 Å². The minimum absolute atomic E-state index is 0. The fraction of sp³-hybridized carbons (Fsp3) is 0.143. The van der Waals surface area contributed by atoms with Crippen LogP contribution in [0, 0.1) is 0 Å². The van der Waals surface area contributed by atoms with E-state index in [2.05, 4.69) is 97.1 Å². The molecule has 1 radical (unpaired) electrons. The number of benzene rings is 4. The third-order valence-corrected chi connectivity index (χ3v) is 10.9. The standard InChI is InChI=1S/C28H28O2P2.Rh/c1-29-25-17-9-11-19-27(25)31(23-13-5-3-6-14-23)21-22-32(24-15-7-4-8-16-24)28-20-12-10-18-26(28)30-2;/h3-20H,21-22H2,1-2H3;/t31-,32-;/m1./s1. The van der Waals surface area contributed by atoms with Crippen molar-refractivity contribution in [2.75, 3.05) is 26.5 Å². The Bertz CT molecular complexity index is 1030. The van der Waals surface area contributed by atoms with E-state index in [-0.39, 0.29) is 19.5 Å². The molecule has 0 aliphatic rings. The molecule has 2 nitrogen and oxygen atoms in total. The van der Waals surface area contributed by atoms with Crippen molar-refractivity contribution in [2.45, 2.75) is 0 Å².